The van der Waals surface area contributed by atoms with Crippen molar-refractivity contribution in [3.8, 4) is 0 Å². The third-order valence-electron chi connectivity index (χ3n) is 2.66. The van der Waals surface area contributed by atoms with E-state index in [9.17, 15) is 0 Å². The van der Waals surface area contributed by atoms with E-state index in [0.29, 0.717) is 0 Å². The highest BCUT2D eigenvalue weighted by atomic mass is 15.1. The zero-order chi connectivity index (χ0) is 11.3. The molecule has 3 nitrogen and oxygen atoms in total. The molecule has 1 heterocycles. The highest BCUT2D eigenvalue weighted by Gasteiger charge is 2.04. The van der Waals surface area contributed by atoms with Crippen LogP contribution in [0.1, 0.15) is 31.4 Å². The second kappa shape index (κ2) is 5.93. The van der Waals surface area contributed by atoms with Gasteiger partial charge in [-0.2, -0.15) is 0 Å². The third-order valence-corrected chi connectivity index (χ3v) is 2.66. The summed E-state index contributed by atoms with van der Waals surface area (Å²) < 4.78 is 2.23. The molecule has 1 aromatic rings. The molecular weight excluding hydrogens is 186 g/mol. The molecule has 0 fully saturated rings. The van der Waals surface area contributed by atoms with Gasteiger partial charge in [0.25, 0.3) is 0 Å². The lowest BCUT2D eigenvalue weighted by molar-refractivity contribution is 0.386. The molecule has 0 saturated carbocycles. The largest absolute Gasteiger partial charge is 0.354 e. The number of aromatic nitrogens is 1. The maximum atomic E-state index is 5.96. The summed E-state index contributed by atoms with van der Waals surface area (Å²) in [6, 6.07) is 2.32. The lowest BCUT2D eigenvalue weighted by Crippen LogP contribution is -2.14. The number of nitrogens with two attached hydrogens (primary N) is 1. The van der Waals surface area contributed by atoms with Crippen LogP contribution in [0.15, 0.2) is 18.5 Å². The van der Waals surface area contributed by atoms with Crippen LogP contribution in [0.25, 0.3) is 0 Å². The van der Waals surface area contributed by atoms with Crippen LogP contribution in [-0.2, 0) is 6.54 Å². The summed E-state index contributed by atoms with van der Waals surface area (Å²) in [5, 5.41) is 0. The first kappa shape index (κ1) is 12.3. The molecule has 0 bridgehead atoms. The van der Waals surface area contributed by atoms with Crippen LogP contribution in [0.4, 0.5) is 0 Å². The average Bonchev–Trinajstić information content (AvgIpc) is 2.65. The molecule has 0 aliphatic heterocycles. The third kappa shape index (κ3) is 4.06. The van der Waals surface area contributed by atoms with Gasteiger partial charge < -0.3 is 15.2 Å². The van der Waals surface area contributed by atoms with Crippen LogP contribution < -0.4 is 5.73 Å². The van der Waals surface area contributed by atoms with Gasteiger partial charge in [0.1, 0.15) is 0 Å². The second-order valence-electron chi connectivity index (χ2n) is 4.35. The number of nitrogens with zero attached hydrogens (tertiary/aromatic N) is 2. The molecule has 2 N–H and O–H groups in total. The van der Waals surface area contributed by atoms with Crippen LogP contribution in [0.5, 0.6) is 0 Å². The SMILES string of the molecule is CCC(N)c1ccn(CCCN(C)C)c1. The van der Waals surface area contributed by atoms with Crippen LogP contribution in [-0.4, -0.2) is 30.1 Å². The minimum Gasteiger partial charge on any atom is -0.354 e. The molecule has 1 atom stereocenters. The average molecular weight is 209 g/mol. The Kier molecular flexibility index (Phi) is 4.85. The molecule has 0 spiro atoms. The number of hydrogen-bond donors (Lipinski definition) is 1. The molecule has 1 aromatic heterocycles. The molecule has 86 valence electrons. The summed E-state index contributed by atoms with van der Waals surface area (Å²) in [4.78, 5) is 2.21. The van der Waals surface area contributed by atoms with Crippen molar-refractivity contribution in [3.05, 3.63) is 24.0 Å². The summed E-state index contributed by atoms with van der Waals surface area (Å²) in [6.07, 6.45) is 6.48. The highest BCUT2D eigenvalue weighted by Crippen LogP contribution is 2.13. The van der Waals surface area contributed by atoms with Crippen molar-refractivity contribution in [2.75, 3.05) is 20.6 Å². The lowest BCUT2D eigenvalue weighted by atomic mass is 10.1. The van der Waals surface area contributed by atoms with Crippen molar-refractivity contribution in [3.63, 3.8) is 0 Å². The lowest BCUT2D eigenvalue weighted by Gasteiger charge is -2.09. The van der Waals surface area contributed by atoms with E-state index in [2.05, 4.69) is 48.9 Å². The molecule has 0 amide bonds. The fraction of sp³-hybridized carbons (Fsp3) is 0.667. The molecule has 1 rings (SSSR count). The summed E-state index contributed by atoms with van der Waals surface area (Å²) in [5.41, 5.74) is 7.22. The normalized spacial score (nSPS) is 13.4. The maximum Gasteiger partial charge on any atom is 0.0307 e. The van der Waals surface area contributed by atoms with Gasteiger partial charge in [-0.1, -0.05) is 6.92 Å². The van der Waals surface area contributed by atoms with Crippen molar-refractivity contribution in [1.82, 2.24) is 9.47 Å². The van der Waals surface area contributed by atoms with Gasteiger partial charge in [-0.05, 0) is 45.1 Å². The number of rotatable bonds is 6. The van der Waals surface area contributed by atoms with Gasteiger partial charge in [0.2, 0.25) is 0 Å². The van der Waals surface area contributed by atoms with Crippen molar-refractivity contribution >= 4 is 0 Å². The molecule has 15 heavy (non-hydrogen) atoms. The van der Waals surface area contributed by atoms with Gasteiger partial charge >= 0.3 is 0 Å². The number of hydrogen-bond acceptors (Lipinski definition) is 2. The zero-order valence-electron chi connectivity index (χ0n) is 10.1. The fourth-order valence-corrected chi connectivity index (χ4v) is 1.62. The summed E-state index contributed by atoms with van der Waals surface area (Å²) in [6.45, 7) is 4.33. The highest BCUT2D eigenvalue weighted by molar-refractivity contribution is 5.14. The van der Waals surface area contributed by atoms with E-state index < -0.39 is 0 Å². The Morgan fingerprint density at radius 3 is 2.80 bits per heavy atom. The smallest absolute Gasteiger partial charge is 0.0307 e. The minimum atomic E-state index is 0.195. The maximum absolute atomic E-state index is 5.96. The number of aryl methyl sites for hydroxylation is 1. The Morgan fingerprint density at radius 2 is 2.20 bits per heavy atom. The predicted molar refractivity (Wildman–Crippen MR) is 64.8 cm³/mol. The van der Waals surface area contributed by atoms with E-state index in [4.69, 9.17) is 5.73 Å². The predicted octanol–water partition coefficient (Wildman–Crippen LogP) is 1.85. The molecule has 0 saturated heterocycles. The Balaban J connectivity index is 2.39. The van der Waals surface area contributed by atoms with Crippen molar-refractivity contribution in [2.45, 2.75) is 32.4 Å². The Bertz CT molecular complexity index is 278. The van der Waals surface area contributed by atoms with Crippen LogP contribution in [0, 0.1) is 0 Å². The molecule has 0 aliphatic carbocycles. The Labute approximate surface area is 92.9 Å². The van der Waals surface area contributed by atoms with Crippen molar-refractivity contribution in [2.24, 2.45) is 5.73 Å². The first-order valence-corrected chi connectivity index (χ1v) is 5.69. The van der Waals surface area contributed by atoms with Gasteiger partial charge in [-0.15, -0.1) is 0 Å². The molecule has 1 unspecified atom stereocenters. The summed E-state index contributed by atoms with van der Waals surface area (Å²) in [5.74, 6) is 0. The van der Waals surface area contributed by atoms with E-state index >= 15 is 0 Å². The molecule has 0 aliphatic rings. The van der Waals surface area contributed by atoms with Gasteiger partial charge in [0.05, 0.1) is 0 Å². The van der Waals surface area contributed by atoms with E-state index in [0.717, 1.165) is 19.5 Å². The minimum absolute atomic E-state index is 0.195. The summed E-state index contributed by atoms with van der Waals surface area (Å²) >= 11 is 0. The van der Waals surface area contributed by atoms with E-state index in [1.807, 2.05) is 0 Å². The van der Waals surface area contributed by atoms with E-state index in [1.54, 1.807) is 0 Å². The summed E-state index contributed by atoms with van der Waals surface area (Å²) in [7, 11) is 4.21. The Hall–Kier alpha value is -0.800. The van der Waals surface area contributed by atoms with Crippen molar-refractivity contribution < 1.29 is 0 Å². The van der Waals surface area contributed by atoms with Gasteiger partial charge in [-0.3, -0.25) is 0 Å². The van der Waals surface area contributed by atoms with Crippen molar-refractivity contribution in [1.29, 1.82) is 0 Å². The van der Waals surface area contributed by atoms with E-state index in [-0.39, 0.29) is 6.04 Å². The molecule has 0 aromatic carbocycles. The zero-order valence-corrected chi connectivity index (χ0v) is 10.1. The first-order chi connectivity index (χ1) is 7.13. The molecule has 0 radical (unpaired) electrons. The second-order valence-corrected chi connectivity index (χ2v) is 4.35. The molecule has 3 heteroatoms. The Morgan fingerprint density at radius 1 is 1.47 bits per heavy atom. The van der Waals surface area contributed by atoms with Crippen LogP contribution in [0.3, 0.4) is 0 Å². The standard InChI is InChI=1S/C12H23N3/c1-4-12(13)11-6-9-15(10-11)8-5-7-14(2)3/h6,9-10,12H,4-5,7-8,13H2,1-3H3. The van der Waals surface area contributed by atoms with Gasteiger partial charge in [0, 0.05) is 25.0 Å². The van der Waals surface area contributed by atoms with Crippen LogP contribution in [0.2, 0.25) is 0 Å². The van der Waals surface area contributed by atoms with Crippen LogP contribution >= 0.6 is 0 Å². The van der Waals surface area contributed by atoms with Gasteiger partial charge in [-0.25, -0.2) is 0 Å². The fourth-order valence-electron chi connectivity index (χ4n) is 1.62. The first-order valence-electron chi connectivity index (χ1n) is 5.69. The monoisotopic (exact) mass is 209 g/mol. The van der Waals surface area contributed by atoms with Gasteiger partial charge in [0.15, 0.2) is 0 Å². The van der Waals surface area contributed by atoms with E-state index in [1.165, 1.54) is 12.0 Å². The topological polar surface area (TPSA) is 34.2 Å². The molecular formula is C12H23N3. The quantitative estimate of drug-likeness (QED) is 0.776.